The number of H-pyrrole nitrogens is 1. The molecule has 1 aromatic carbocycles. The lowest BCUT2D eigenvalue weighted by Gasteiger charge is -2.32. The highest BCUT2D eigenvalue weighted by molar-refractivity contribution is 6.10. The predicted octanol–water partition coefficient (Wildman–Crippen LogP) is 1.37. The second-order valence-corrected chi connectivity index (χ2v) is 7.10. The maximum absolute atomic E-state index is 12.6. The van der Waals surface area contributed by atoms with E-state index in [2.05, 4.69) is 24.1 Å². The summed E-state index contributed by atoms with van der Waals surface area (Å²) in [4.78, 5) is 29.3. The van der Waals surface area contributed by atoms with Gasteiger partial charge in [0.1, 0.15) is 31.0 Å². The number of morpholine rings is 1. The minimum Gasteiger partial charge on any atom is -0.461 e. The molecule has 27 heavy (non-hydrogen) atoms. The summed E-state index contributed by atoms with van der Waals surface area (Å²) in [7, 11) is 0. The van der Waals surface area contributed by atoms with Crippen LogP contribution in [-0.2, 0) is 14.3 Å². The smallest absolute Gasteiger partial charge is 0.356 e. The predicted molar refractivity (Wildman–Crippen MR) is 103 cm³/mol. The van der Waals surface area contributed by atoms with Gasteiger partial charge in [-0.15, -0.1) is 0 Å². The van der Waals surface area contributed by atoms with Gasteiger partial charge in [-0.1, -0.05) is 18.2 Å². The molecule has 146 valence electrons. The normalized spacial score (nSPS) is 22.6. The maximum atomic E-state index is 12.6. The van der Waals surface area contributed by atoms with Crippen molar-refractivity contribution in [2.24, 2.45) is 0 Å². The van der Waals surface area contributed by atoms with Gasteiger partial charge in [-0.2, -0.15) is 0 Å². The molecule has 7 nitrogen and oxygen atoms in total. The number of fused-ring (bicyclic) bond motifs is 1. The molecule has 1 unspecified atom stereocenters. The number of rotatable bonds is 6. The number of carbonyl (C=O) groups is 2. The topological polar surface area (TPSA) is 84.9 Å². The van der Waals surface area contributed by atoms with E-state index in [1.807, 2.05) is 24.3 Å². The lowest BCUT2D eigenvalue weighted by atomic mass is 10.2. The van der Waals surface area contributed by atoms with Gasteiger partial charge in [0.2, 0.25) is 5.91 Å². The molecule has 1 saturated heterocycles. The monoisotopic (exact) mass is 374 g/mol. The zero-order valence-electron chi connectivity index (χ0n) is 16.1. The lowest BCUT2D eigenvalue weighted by Crippen LogP contribution is -3.15. The van der Waals surface area contributed by atoms with Gasteiger partial charge in [-0.3, -0.25) is 4.79 Å². The Balaban J connectivity index is 1.70. The van der Waals surface area contributed by atoms with Gasteiger partial charge in [0.15, 0.2) is 0 Å². The van der Waals surface area contributed by atoms with E-state index in [4.69, 9.17) is 9.47 Å². The average Bonchev–Trinajstić information content (AvgIpc) is 2.98. The summed E-state index contributed by atoms with van der Waals surface area (Å²) in [5.74, 6) is -0.574. The molecule has 7 heteroatoms. The van der Waals surface area contributed by atoms with Gasteiger partial charge in [0.05, 0.1) is 25.3 Å². The fraction of sp³-hybridized carbons (Fsp3) is 0.500. The second kappa shape index (κ2) is 8.54. The molecule has 0 saturated carbocycles. The zero-order chi connectivity index (χ0) is 19.4. The van der Waals surface area contributed by atoms with Crippen molar-refractivity contribution in [2.45, 2.75) is 39.4 Å². The zero-order valence-corrected chi connectivity index (χ0v) is 16.1. The summed E-state index contributed by atoms with van der Waals surface area (Å²) >= 11 is 0. The van der Waals surface area contributed by atoms with E-state index in [0.29, 0.717) is 12.1 Å². The molecule has 2 heterocycles. The quantitative estimate of drug-likeness (QED) is 0.667. The number of nitrogens with one attached hydrogen (secondary N) is 3. The Morgan fingerprint density at radius 3 is 2.67 bits per heavy atom. The molecular weight excluding hydrogens is 346 g/mol. The Morgan fingerprint density at radius 1 is 1.26 bits per heavy atom. The van der Waals surface area contributed by atoms with Crippen LogP contribution in [0.15, 0.2) is 24.3 Å². The molecule has 3 N–H and O–H groups in total. The molecule has 1 aliphatic heterocycles. The van der Waals surface area contributed by atoms with Crippen molar-refractivity contribution in [2.75, 3.05) is 31.6 Å². The van der Waals surface area contributed by atoms with Gasteiger partial charge in [-0.05, 0) is 26.8 Å². The summed E-state index contributed by atoms with van der Waals surface area (Å²) in [6.07, 6.45) is 0.794. The molecule has 1 aromatic heterocycles. The highest BCUT2D eigenvalue weighted by Gasteiger charge is 2.26. The molecule has 1 fully saturated rings. The molecule has 3 rings (SSSR count). The van der Waals surface area contributed by atoms with E-state index in [1.165, 1.54) is 4.90 Å². The van der Waals surface area contributed by atoms with E-state index in [1.54, 1.807) is 6.92 Å². The third kappa shape index (κ3) is 4.67. The Labute approximate surface area is 159 Å². The summed E-state index contributed by atoms with van der Waals surface area (Å²) in [6, 6.07) is 7.50. The maximum Gasteiger partial charge on any atom is 0.356 e. The fourth-order valence-electron chi connectivity index (χ4n) is 3.71. The number of ether oxygens (including phenoxy) is 2. The lowest BCUT2D eigenvalue weighted by molar-refractivity contribution is -0.914. The van der Waals surface area contributed by atoms with Crippen molar-refractivity contribution >= 4 is 28.5 Å². The van der Waals surface area contributed by atoms with Crippen LogP contribution >= 0.6 is 0 Å². The van der Waals surface area contributed by atoms with Crippen LogP contribution < -0.4 is 10.2 Å². The Morgan fingerprint density at radius 2 is 1.96 bits per heavy atom. The number of benzene rings is 1. The third-order valence-electron chi connectivity index (χ3n) is 4.77. The summed E-state index contributed by atoms with van der Waals surface area (Å²) in [5.41, 5.74) is 1.57. The van der Waals surface area contributed by atoms with Crippen LogP contribution in [-0.4, -0.2) is 55.3 Å². The summed E-state index contributed by atoms with van der Waals surface area (Å²) in [5, 5.41) is 3.72. The van der Waals surface area contributed by atoms with Crippen LogP contribution in [0.4, 0.5) is 5.69 Å². The van der Waals surface area contributed by atoms with Crippen LogP contribution in [0, 0.1) is 0 Å². The van der Waals surface area contributed by atoms with Crippen LogP contribution in [0.2, 0.25) is 0 Å². The number of aromatic amines is 1. The van der Waals surface area contributed by atoms with Crippen molar-refractivity contribution in [3.63, 3.8) is 0 Å². The minimum absolute atomic E-state index is 0.107. The first-order chi connectivity index (χ1) is 13.0. The SMILES string of the molecule is CCOC(=O)c1[nH]c2ccccc2c1NC(=O)CC[NH+]1C[C@@H](C)O[C@@H](C)C1. The van der Waals surface area contributed by atoms with E-state index in [0.717, 1.165) is 30.5 Å². The van der Waals surface area contributed by atoms with Crippen LogP contribution in [0.25, 0.3) is 10.9 Å². The number of aromatic nitrogens is 1. The van der Waals surface area contributed by atoms with Crippen molar-refractivity contribution in [1.29, 1.82) is 0 Å². The van der Waals surface area contributed by atoms with E-state index in [-0.39, 0.29) is 30.4 Å². The van der Waals surface area contributed by atoms with E-state index in [9.17, 15) is 9.59 Å². The number of para-hydroxylation sites is 1. The molecule has 2 aromatic rings. The van der Waals surface area contributed by atoms with E-state index >= 15 is 0 Å². The summed E-state index contributed by atoms with van der Waals surface area (Å²) in [6.45, 7) is 8.70. The molecule has 1 aliphatic rings. The number of anilines is 1. The molecular formula is C20H28N3O4+. The van der Waals surface area contributed by atoms with E-state index < -0.39 is 5.97 Å². The van der Waals surface area contributed by atoms with Crippen LogP contribution in [0.1, 0.15) is 37.7 Å². The van der Waals surface area contributed by atoms with Crippen molar-refractivity contribution in [1.82, 2.24) is 4.98 Å². The van der Waals surface area contributed by atoms with Crippen LogP contribution in [0.3, 0.4) is 0 Å². The molecule has 3 atom stereocenters. The largest absolute Gasteiger partial charge is 0.461 e. The number of quaternary nitrogens is 1. The standard InChI is InChI=1S/C20H27N3O4/c1-4-26-20(25)19-18(15-7-5-6-8-16(15)21-19)22-17(24)9-10-23-11-13(2)27-14(3)12-23/h5-8,13-14,21H,4,9-12H2,1-3H3,(H,22,24)/p+1/t13-,14+. The first-order valence-electron chi connectivity index (χ1n) is 9.54. The number of amides is 1. The Hall–Kier alpha value is -2.38. The highest BCUT2D eigenvalue weighted by atomic mass is 16.5. The van der Waals surface area contributed by atoms with Gasteiger partial charge >= 0.3 is 5.97 Å². The number of hydrogen-bond acceptors (Lipinski definition) is 4. The van der Waals surface area contributed by atoms with Crippen LogP contribution in [0.5, 0.6) is 0 Å². The van der Waals surface area contributed by atoms with Gasteiger partial charge in [-0.25, -0.2) is 4.79 Å². The van der Waals surface area contributed by atoms with Crippen molar-refractivity contribution < 1.29 is 24.0 Å². The Kier molecular flexibility index (Phi) is 6.13. The Bertz CT molecular complexity index is 807. The molecule has 0 radical (unpaired) electrons. The first-order valence-corrected chi connectivity index (χ1v) is 9.54. The fourth-order valence-corrected chi connectivity index (χ4v) is 3.71. The average molecular weight is 374 g/mol. The number of esters is 1. The number of carbonyl (C=O) groups excluding carboxylic acids is 2. The second-order valence-electron chi connectivity index (χ2n) is 7.10. The highest BCUT2D eigenvalue weighted by Crippen LogP contribution is 2.28. The molecule has 0 spiro atoms. The van der Waals surface area contributed by atoms with Crippen molar-refractivity contribution in [3.05, 3.63) is 30.0 Å². The van der Waals surface area contributed by atoms with Gasteiger partial charge < -0.3 is 24.7 Å². The number of hydrogen-bond donors (Lipinski definition) is 3. The molecule has 0 bridgehead atoms. The van der Waals surface area contributed by atoms with Gasteiger partial charge in [0.25, 0.3) is 0 Å². The van der Waals surface area contributed by atoms with Gasteiger partial charge in [0, 0.05) is 10.9 Å². The van der Waals surface area contributed by atoms with Crippen molar-refractivity contribution in [3.8, 4) is 0 Å². The molecule has 0 aliphatic carbocycles. The minimum atomic E-state index is -0.467. The third-order valence-corrected chi connectivity index (χ3v) is 4.77. The molecule has 1 amide bonds. The summed E-state index contributed by atoms with van der Waals surface area (Å²) < 4.78 is 10.9. The first kappa shape index (κ1) is 19.4.